The second-order valence-corrected chi connectivity index (χ2v) is 5.56. The number of hydrogen-bond donors (Lipinski definition) is 1. The van der Waals surface area contributed by atoms with Crippen LogP contribution in [-0.2, 0) is 9.53 Å². The first kappa shape index (κ1) is 13.8. The Morgan fingerprint density at radius 3 is 2.61 bits per heavy atom. The highest BCUT2D eigenvalue weighted by Crippen LogP contribution is 2.26. The number of carbonyl (C=O) groups excluding carboxylic acids is 1. The van der Waals surface area contributed by atoms with Gasteiger partial charge >= 0.3 is 0 Å². The van der Waals surface area contributed by atoms with Crippen LogP contribution in [0.1, 0.15) is 39.0 Å². The molecule has 4 heteroatoms. The van der Waals surface area contributed by atoms with Gasteiger partial charge in [-0.3, -0.25) is 4.79 Å². The van der Waals surface area contributed by atoms with Gasteiger partial charge in [-0.2, -0.15) is 0 Å². The zero-order chi connectivity index (χ0) is 12.8. The summed E-state index contributed by atoms with van der Waals surface area (Å²) in [5.41, 5.74) is 0. The van der Waals surface area contributed by atoms with E-state index in [-0.39, 0.29) is 5.91 Å². The monoisotopic (exact) mass is 254 g/mol. The molecule has 0 aromatic heterocycles. The zero-order valence-corrected chi connectivity index (χ0v) is 11.5. The minimum Gasteiger partial charge on any atom is -0.378 e. The second-order valence-electron chi connectivity index (χ2n) is 5.56. The molecule has 1 heterocycles. The van der Waals surface area contributed by atoms with Gasteiger partial charge in [0.2, 0.25) is 5.91 Å². The van der Waals surface area contributed by atoms with E-state index in [9.17, 15) is 4.79 Å². The topological polar surface area (TPSA) is 41.6 Å². The van der Waals surface area contributed by atoms with E-state index in [1.54, 1.807) is 0 Å². The Balaban J connectivity index is 1.67. The number of amides is 1. The largest absolute Gasteiger partial charge is 0.378 e. The summed E-state index contributed by atoms with van der Waals surface area (Å²) in [6.07, 6.45) is 6.73. The highest BCUT2D eigenvalue weighted by molar-refractivity contribution is 5.78. The number of hydrogen-bond acceptors (Lipinski definition) is 3. The lowest BCUT2D eigenvalue weighted by molar-refractivity contribution is -0.134. The molecule has 0 radical (unpaired) electrons. The highest BCUT2D eigenvalue weighted by atomic mass is 16.5. The minimum absolute atomic E-state index is 0.223. The van der Waals surface area contributed by atoms with E-state index in [2.05, 4.69) is 12.2 Å². The Kier molecular flexibility index (Phi) is 5.45. The van der Waals surface area contributed by atoms with E-state index in [4.69, 9.17) is 4.74 Å². The van der Waals surface area contributed by atoms with Crippen molar-refractivity contribution in [2.24, 2.45) is 5.92 Å². The van der Waals surface area contributed by atoms with Crippen molar-refractivity contribution in [3.63, 3.8) is 0 Å². The summed E-state index contributed by atoms with van der Waals surface area (Å²) in [6.45, 7) is 5.57. The maximum absolute atomic E-state index is 12.0. The van der Waals surface area contributed by atoms with Crippen molar-refractivity contribution in [2.75, 3.05) is 32.8 Å². The summed E-state index contributed by atoms with van der Waals surface area (Å²) >= 11 is 0. The van der Waals surface area contributed by atoms with Crippen molar-refractivity contribution in [3.8, 4) is 0 Å². The lowest BCUT2D eigenvalue weighted by Crippen LogP contribution is -2.47. The molecule has 18 heavy (non-hydrogen) atoms. The van der Waals surface area contributed by atoms with Crippen LogP contribution in [0.25, 0.3) is 0 Å². The van der Waals surface area contributed by atoms with Crippen molar-refractivity contribution < 1.29 is 9.53 Å². The molecule has 0 unspecified atom stereocenters. The van der Waals surface area contributed by atoms with Crippen molar-refractivity contribution in [1.82, 2.24) is 10.2 Å². The average Bonchev–Trinajstić information content (AvgIpc) is 2.46. The zero-order valence-electron chi connectivity index (χ0n) is 11.5. The molecule has 2 aliphatic rings. The molecule has 1 saturated carbocycles. The molecule has 1 saturated heterocycles. The second kappa shape index (κ2) is 7.10. The number of nitrogens with zero attached hydrogens (tertiary/aromatic N) is 1. The van der Waals surface area contributed by atoms with Crippen LogP contribution in [0, 0.1) is 5.92 Å². The molecule has 0 spiro atoms. The van der Waals surface area contributed by atoms with Crippen molar-refractivity contribution in [2.45, 2.75) is 45.1 Å². The number of nitrogens with one attached hydrogen (secondary N) is 1. The van der Waals surface area contributed by atoms with Gasteiger partial charge < -0.3 is 15.0 Å². The molecular formula is C14H26N2O2. The Hall–Kier alpha value is -0.610. The third-order valence-corrected chi connectivity index (χ3v) is 4.30. The van der Waals surface area contributed by atoms with Gasteiger partial charge in [-0.25, -0.2) is 0 Å². The molecular weight excluding hydrogens is 228 g/mol. The summed E-state index contributed by atoms with van der Waals surface area (Å²) in [7, 11) is 0. The third kappa shape index (κ3) is 3.95. The number of rotatable bonds is 4. The summed E-state index contributed by atoms with van der Waals surface area (Å²) in [6, 6.07) is 0.468. The van der Waals surface area contributed by atoms with Crippen LogP contribution in [0.15, 0.2) is 0 Å². The maximum Gasteiger partial charge on any atom is 0.236 e. The van der Waals surface area contributed by atoms with Gasteiger partial charge in [-0.05, 0) is 25.7 Å². The Morgan fingerprint density at radius 1 is 1.28 bits per heavy atom. The quantitative estimate of drug-likeness (QED) is 0.824. The smallest absolute Gasteiger partial charge is 0.236 e. The number of ether oxygens (including phenoxy) is 1. The predicted octanol–water partition coefficient (Wildman–Crippen LogP) is 1.40. The number of carbonyl (C=O) groups is 1. The first-order valence-electron chi connectivity index (χ1n) is 7.36. The lowest BCUT2D eigenvalue weighted by atomic mass is 9.84. The van der Waals surface area contributed by atoms with Crippen molar-refractivity contribution in [1.29, 1.82) is 0 Å². The van der Waals surface area contributed by atoms with Crippen molar-refractivity contribution >= 4 is 5.91 Å². The molecule has 1 amide bonds. The molecule has 1 N–H and O–H groups in total. The molecule has 4 nitrogen and oxygen atoms in total. The Morgan fingerprint density at radius 2 is 1.94 bits per heavy atom. The van der Waals surface area contributed by atoms with Crippen LogP contribution in [0.2, 0.25) is 0 Å². The van der Waals surface area contributed by atoms with Gasteiger partial charge in [0.05, 0.1) is 19.8 Å². The van der Waals surface area contributed by atoms with Crippen molar-refractivity contribution in [3.05, 3.63) is 0 Å². The molecule has 2 rings (SSSR count). The summed E-state index contributed by atoms with van der Waals surface area (Å²) in [5, 5.41) is 3.42. The standard InChI is InChI=1S/C14H26N2O2/c1-12(13-5-3-2-4-6-13)15-11-14(17)16-7-9-18-10-8-16/h12-13,15H,2-11H2,1H3/t12-/m1/s1. The summed E-state index contributed by atoms with van der Waals surface area (Å²) in [4.78, 5) is 13.9. The predicted molar refractivity (Wildman–Crippen MR) is 71.4 cm³/mol. The van der Waals surface area contributed by atoms with E-state index >= 15 is 0 Å². The molecule has 0 aromatic rings. The Bertz CT molecular complexity index is 259. The Labute approximate surface area is 110 Å². The highest BCUT2D eigenvalue weighted by Gasteiger charge is 2.22. The fraction of sp³-hybridized carbons (Fsp3) is 0.929. The van der Waals surface area contributed by atoms with E-state index in [1.807, 2.05) is 4.90 Å². The molecule has 1 aliphatic heterocycles. The van der Waals surface area contributed by atoms with E-state index < -0.39 is 0 Å². The van der Waals surface area contributed by atoms with E-state index in [0.717, 1.165) is 19.0 Å². The van der Waals surface area contributed by atoms with Gasteiger partial charge in [0, 0.05) is 19.1 Å². The van der Waals surface area contributed by atoms with Crippen LogP contribution in [0.3, 0.4) is 0 Å². The van der Waals surface area contributed by atoms with Gasteiger partial charge in [0.15, 0.2) is 0 Å². The van der Waals surface area contributed by atoms with Crippen LogP contribution in [0.5, 0.6) is 0 Å². The average molecular weight is 254 g/mol. The number of morpholine rings is 1. The lowest BCUT2D eigenvalue weighted by Gasteiger charge is -2.30. The SMILES string of the molecule is C[C@@H](NCC(=O)N1CCOCC1)C1CCCCC1. The molecule has 2 fully saturated rings. The van der Waals surface area contributed by atoms with Gasteiger partial charge in [0.25, 0.3) is 0 Å². The molecule has 1 aliphatic carbocycles. The molecule has 0 bridgehead atoms. The summed E-state index contributed by atoms with van der Waals surface area (Å²) < 4.78 is 5.26. The fourth-order valence-electron chi connectivity index (χ4n) is 2.97. The van der Waals surface area contributed by atoms with Gasteiger partial charge in [0.1, 0.15) is 0 Å². The van der Waals surface area contributed by atoms with Crippen LogP contribution >= 0.6 is 0 Å². The van der Waals surface area contributed by atoms with Gasteiger partial charge in [-0.1, -0.05) is 19.3 Å². The minimum atomic E-state index is 0.223. The normalized spacial score (nSPS) is 23.9. The molecule has 104 valence electrons. The first-order valence-corrected chi connectivity index (χ1v) is 7.36. The molecule has 0 aromatic carbocycles. The third-order valence-electron chi connectivity index (χ3n) is 4.30. The first-order chi connectivity index (χ1) is 8.77. The van der Waals surface area contributed by atoms with Crippen LogP contribution in [-0.4, -0.2) is 49.7 Å². The molecule has 1 atom stereocenters. The van der Waals surface area contributed by atoms with Gasteiger partial charge in [-0.15, -0.1) is 0 Å². The summed E-state index contributed by atoms with van der Waals surface area (Å²) in [5.74, 6) is 0.984. The fourth-order valence-corrected chi connectivity index (χ4v) is 2.97. The van der Waals surface area contributed by atoms with E-state index in [0.29, 0.717) is 25.8 Å². The maximum atomic E-state index is 12.0. The van der Waals surface area contributed by atoms with E-state index in [1.165, 1.54) is 32.1 Å². The van der Waals surface area contributed by atoms with Crippen LogP contribution in [0.4, 0.5) is 0 Å². The van der Waals surface area contributed by atoms with Crippen LogP contribution < -0.4 is 5.32 Å².